The zero-order valence-corrected chi connectivity index (χ0v) is 16.6. The zero-order chi connectivity index (χ0) is 21.4. The second-order valence-electron chi connectivity index (χ2n) is 7.04. The van der Waals surface area contributed by atoms with Crippen LogP contribution in [-0.4, -0.2) is 26.8 Å². The van der Waals surface area contributed by atoms with E-state index in [0.717, 1.165) is 5.56 Å². The first kappa shape index (κ1) is 18.6. The van der Waals surface area contributed by atoms with Gasteiger partial charge in [-0.15, -0.1) is 0 Å². The lowest BCUT2D eigenvalue weighted by Crippen LogP contribution is -2.14. The number of hydrogen-bond acceptors (Lipinski definition) is 6. The van der Waals surface area contributed by atoms with Crippen molar-refractivity contribution in [2.24, 2.45) is 5.10 Å². The average Bonchev–Trinajstić information content (AvgIpc) is 3.38. The molecule has 0 aliphatic rings. The first-order valence-electron chi connectivity index (χ1n) is 9.63. The van der Waals surface area contributed by atoms with Gasteiger partial charge in [0, 0.05) is 5.69 Å². The van der Waals surface area contributed by atoms with Crippen LogP contribution in [0.5, 0.6) is 0 Å². The van der Waals surface area contributed by atoms with Crippen molar-refractivity contribution in [1.29, 1.82) is 0 Å². The maximum Gasteiger partial charge on any atom is 0.261 e. The molecule has 0 spiro atoms. The standard InChI is InChI=1S/C23H18N6O2/c1-14-8-10-15(11-9-14)26-23(30)19-20-22(28-18-7-3-2-6-17(18)27-20)29(21(19)24)25-13-16-5-4-12-31-16/h2-13H,24H2,1H3,(H,26,30). The SMILES string of the molecule is Cc1ccc(NC(=O)c2c(N)n(N=Cc3ccco3)c3nc4ccccc4nc23)cc1. The number of nitrogens with one attached hydrogen (secondary N) is 1. The molecule has 0 aliphatic carbocycles. The molecule has 31 heavy (non-hydrogen) atoms. The molecule has 152 valence electrons. The number of amides is 1. The molecule has 5 rings (SSSR count). The van der Waals surface area contributed by atoms with Gasteiger partial charge in [0.15, 0.2) is 5.65 Å². The molecule has 3 N–H and O–H groups in total. The van der Waals surface area contributed by atoms with Crippen molar-refractivity contribution in [3.8, 4) is 0 Å². The molecule has 0 saturated carbocycles. The van der Waals surface area contributed by atoms with Gasteiger partial charge in [0.2, 0.25) is 0 Å². The van der Waals surface area contributed by atoms with Gasteiger partial charge in [-0.1, -0.05) is 29.8 Å². The fourth-order valence-corrected chi connectivity index (χ4v) is 3.30. The Morgan fingerprint density at radius 1 is 1.06 bits per heavy atom. The lowest BCUT2D eigenvalue weighted by atomic mass is 10.2. The highest BCUT2D eigenvalue weighted by Gasteiger charge is 2.24. The maximum atomic E-state index is 13.2. The van der Waals surface area contributed by atoms with Crippen LogP contribution in [0, 0.1) is 6.92 Å². The van der Waals surface area contributed by atoms with Gasteiger partial charge < -0.3 is 15.5 Å². The van der Waals surface area contributed by atoms with Crippen LogP contribution < -0.4 is 11.1 Å². The third-order valence-corrected chi connectivity index (χ3v) is 4.85. The summed E-state index contributed by atoms with van der Waals surface area (Å²) in [6, 6.07) is 18.4. The predicted molar refractivity (Wildman–Crippen MR) is 120 cm³/mol. The number of anilines is 2. The van der Waals surface area contributed by atoms with Crippen molar-refractivity contribution in [3.63, 3.8) is 0 Å². The van der Waals surface area contributed by atoms with Gasteiger partial charge in [-0.3, -0.25) is 4.79 Å². The summed E-state index contributed by atoms with van der Waals surface area (Å²) in [7, 11) is 0. The van der Waals surface area contributed by atoms with Crippen molar-refractivity contribution in [3.05, 3.63) is 83.8 Å². The van der Waals surface area contributed by atoms with Gasteiger partial charge >= 0.3 is 0 Å². The van der Waals surface area contributed by atoms with Crippen LogP contribution in [0.25, 0.3) is 22.2 Å². The fraction of sp³-hybridized carbons (Fsp3) is 0.0435. The molecule has 8 heteroatoms. The molecule has 3 heterocycles. The zero-order valence-electron chi connectivity index (χ0n) is 16.6. The Balaban J connectivity index is 1.67. The van der Waals surface area contributed by atoms with Gasteiger partial charge in [-0.05, 0) is 43.3 Å². The fourth-order valence-electron chi connectivity index (χ4n) is 3.30. The molecule has 5 aromatic rings. The summed E-state index contributed by atoms with van der Waals surface area (Å²) in [4.78, 5) is 22.5. The number of aryl methyl sites for hydroxylation is 1. The van der Waals surface area contributed by atoms with Gasteiger partial charge in [0.05, 0.1) is 23.5 Å². The molecule has 0 radical (unpaired) electrons. The molecule has 3 aromatic heterocycles. The van der Waals surface area contributed by atoms with Crippen LogP contribution in [0.3, 0.4) is 0 Å². The number of fused-ring (bicyclic) bond motifs is 2. The van der Waals surface area contributed by atoms with Gasteiger partial charge in [-0.25, -0.2) is 9.97 Å². The largest absolute Gasteiger partial charge is 0.463 e. The number of carbonyl (C=O) groups is 1. The highest BCUT2D eigenvalue weighted by atomic mass is 16.3. The van der Waals surface area contributed by atoms with E-state index in [0.29, 0.717) is 33.6 Å². The number of nitrogen functional groups attached to an aromatic ring is 1. The van der Waals surface area contributed by atoms with Gasteiger partial charge in [0.1, 0.15) is 22.7 Å². The number of carbonyl (C=O) groups excluding carboxylic acids is 1. The summed E-state index contributed by atoms with van der Waals surface area (Å²) < 4.78 is 6.71. The Morgan fingerprint density at radius 3 is 2.52 bits per heavy atom. The van der Waals surface area contributed by atoms with Gasteiger partial charge in [-0.2, -0.15) is 9.78 Å². The lowest BCUT2D eigenvalue weighted by Gasteiger charge is -2.05. The molecule has 0 aliphatic heterocycles. The number of rotatable bonds is 4. The maximum absolute atomic E-state index is 13.2. The Morgan fingerprint density at radius 2 is 1.81 bits per heavy atom. The van der Waals surface area contributed by atoms with Crippen LogP contribution in [0.4, 0.5) is 11.5 Å². The minimum absolute atomic E-state index is 0.137. The summed E-state index contributed by atoms with van der Waals surface area (Å²) in [5.74, 6) is 0.293. The number of nitrogens with two attached hydrogens (primary N) is 1. The minimum atomic E-state index is -0.386. The molecule has 0 unspecified atom stereocenters. The van der Waals surface area contributed by atoms with E-state index in [1.54, 1.807) is 18.4 Å². The van der Waals surface area contributed by atoms with E-state index < -0.39 is 0 Å². The summed E-state index contributed by atoms with van der Waals surface area (Å²) in [6.07, 6.45) is 3.06. The van der Waals surface area contributed by atoms with E-state index in [4.69, 9.17) is 10.2 Å². The van der Waals surface area contributed by atoms with E-state index in [1.165, 1.54) is 10.9 Å². The monoisotopic (exact) mass is 410 g/mol. The first-order chi connectivity index (χ1) is 15.1. The molecule has 0 bridgehead atoms. The Bertz CT molecular complexity index is 1430. The number of furan rings is 1. The van der Waals surface area contributed by atoms with E-state index in [1.807, 2.05) is 55.5 Å². The van der Waals surface area contributed by atoms with Crippen LogP contribution >= 0.6 is 0 Å². The van der Waals surface area contributed by atoms with Crippen LogP contribution in [0.2, 0.25) is 0 Å². The highest BCUT2D eigenvalue weighted by Crippen LogP contribution is 2.28. The summed E-state index contributed by atoms with van der Waals surface area (Å²) in [5.41, 5.74) is 10.4. The van der Waals surface area contributed by atoms with Crippen molar-refractivity contribution in [2.45, 2.75) is 6.92 Å². The van der Waals surface area contributed by atoms with E-state index in [-0.39, 0.29) is 17.3 Å². The van der Waals surface area contributed by atoms with Crippen molar-refractivity contribution in [1.82, 2.24) is 14.6 Å². The average molecular weight is 410 g/mol. The number of nitrogens with zero attached hydrogens (tertiary/aromatic N) is 4. The summed E-state index contributed by atoms with van der Waals surface area (Å²) >= 11 is 0. The van der Waals surface area contributed by atoms with Crippen molar-refractivity contribution >= 4 is 45.8 Å². The smallest absolute Gasteiger partial charge is 0.261 e. The number of aromatic nitrogens is 3. The van der Waals surface area contributed by atoms with Crippen molar-refractivity contribution < 1.29 is 9.21 Å². The summed E-state index contributed by atoms with van der Waals surface area (Å²) in [6.45, 7) is 1.98. The van der Waals surface area contributed by atoms with Crippen LogP contribution in [-0.2, 0) is 0 Å². The number of hydrogen-bond donors (Lipinski definition) is 2. The highest BCUT2D eigenvalue weighted by molar-refractivity contribution is 6.16. The molecule has 0 atom stereocenters. The number of benzene rings is 2. The molecule has 8 nitrogen and oxygen atoms in total. The van der Waals surface area contributed by atoms with Gasteiger partial charge in [0.25, 0.3) is 5.91 Å². The van der Waals surface area contributed by atoms with E-state index >= 15 is 0 Å². The molecule has 2 aromatic carbocycles. The Labute approximate surface area is 177 Å². The third kappa shape index (κ3) is 3.40. The second kappa shape index (κ2) is 7.42. The first-order valence-corrected chi connectivity index (χ1v) is 9.63. The Hall–Kier alpha value is -4.46. The second-order valence-corrected chi connectivity index (χ2v) is 7.04. The van der Waals surface area contributed by atoms with E-state index in [2.05, 4.69) is 20.4 Å². The quantitative estimate of drug-likeness (QED) is 0.431. The number of para-hydroxylation sites is 2. The lowest BCUT2D eigenvalue weighted by molar-refractivity contribution is 0.102. The molecule has 1 amide bonds. The van der Waals surface area contributed by atoms with E-state index in [9.17, 15) is 4.79 Å². The molecular weight excluding hydrogens is 392 g/mol. The molecular formula is C23H18N6O2. The molecule has 0 saturated heterocycles. The predicted octanol–water partition coefficient (Wildman–Crippen LogP) is 4.20. The summed E-state index contributed by atoms with van der Waals surface area (Å²) in [5, 5.41) is 7.27. The van der Waals surface area contributed by atoms with Crippen LogP contribution in [0.15, 0.2) is 76.4 Å². The molecule has 0 fully saturated rings. The Kier molecular flexibility index (Phi) is 4.44. The third-order valence-electron chi connectivity index (χ3n) is 4.85. The van der Waals surface area contributed by atoms with Crippen molar-refractivity contribution in [2.75, 3.05) is 11.1 Å². The minimum Gasteiger partial charge on any atom is -0.463 e. The normalized spacial score (nSPS) is 11.5. The topological polar surface area (TPSA) is 111 Å². The van der Waals surface area contributed by atoms with Crippen LogP contribution in [0.1, 0.15) is 21.7 Å².